The predicted molar refractivity (Wildman–Crippen MR) is 58.6 cm³/mol. The second-order valence-electron chi connectivity index (χ2n) is 4.81. The standard InChI is InChI=1S/C12H16N2/c1-9-8-14-6-5-10(12(2,3)4)7-11(14)13-9/h5-8H,1-4H3. The van der Waals surface area contributed by atoms with E-state index in [-0.39, 0.29) is 5.41 Å². The quantitative estimate of drug-likeness (QED) is 0.621. The molecule has 2 nitrogen and oxygen atoms in total. The van der Waals surface area contributed by atoms with Crippen LogP contribution < -0.4 is 0 Å². The van der Waals surface area contributed by atoms with Gasteiger partial charge >= 0.3 is 0 Å². The van der Waals surface area contributed by atoms with Crippen LogP contribution in [0.1, 0.15) is 32.0 Å². The zero-order chi connectivity index (χ0) is 10.3. The van der Waals surface area contributed by atoms with Crippen molar-refractivity contribution in [3.8, 4) is 0 Å². The number of hydrogen-bond donors (Lipinski definition) is 0. The van der Waals surface area contributed by atoms with Gasteiger partial charge in [0.1, 0.15) is 5.65 Å². The van der Waals surface area contributed by atoms with Crippen molar-refractivity contribution in [3.63, 3.8) is 0 Å². The third-order valence-corrected chi connectivity index (χ3v) is 2.45. The second kappa shape index (κ2) is 2.84. The van der Waals surface area contributed by atoms with E-state index in [4.69, 9.17) is 0 Å². The summed E-state index contributed by atoms with van der Waals surface area (Å²) in [6, 6.07) is 4.32. The number of pyridine rings is 1. The first kappa shape index (κ1) is 9.25. The molecule has 2 heteroatoms. The lowest BCUT2D eigenvalue weighted by Crippen LogP contribution is -2.11. The summed E-state index contributed by atoms with van der Waals surface area (Å²) in [5.74, 6) is 0. The summed E-state index contributed by atoms with van der Waals surface area (Å²) in [5.41, 5.74) is 3.63. The van der Waals surface area contributed by atoms with Gasteiger partial charge in [-0.05, 0) is 30.0 Å². The van der Waals surface area contributed by atoms with E-state index in [0.717, 1.165) is 11.3 Å². The number of aromatic nitrogens is 2. The molecule has 0 atom stereocenters. The lowest BCUT2D eigenvalue weighted by Gasteiger charge is -2.18. The molecular weight excluding hydrogens is 172 g/mol. The monoisotopic (exact) mass is 188 g/mol. The predicted octanol–water partition coefficient (Wildman–Crippen LogP) is 2.94. The van der Waals surface area contributed by atoms with Crippen LogP contribution in [0.4, 0.5) is 0 Å². The number of hydrogen-bond acceptors (Lipinski definition) is 1. The Labute approximate surface area is 84.6 Å². The Kier molecular flexibility index (Phi) is 1.88. The van der Waals surface area contributed by atoms with Gasteiger partial charge in [0, 0.05) is 12.4 Å². The minimum absolute atomic E-state index is 0.196. The van der Waals surface area contributed by atoms with Crippen LogP contribution in [0.2, 0.25) is 0 Å². The highest BCUT2D eigenvalue weighted by atomic mass is 15.0. The van der Waals surface area contributed by atoms with Gasteiger partial charge in [0.15, 0.2) is 0 Å². The van der Waals surface area contributed by atoms with Gasteiger partial charge in [0.25, 0.3) is 0 Å². The average molecular weight is 188 g/mol. The highest BCUT2D eigenvalue weighted by Crippen LogP contribution is 2.22. The molecule has 0 unspecified atom stereocenters. The normalized spacial score (nSPS) is 12.3. The summed E-state index contributed by atoms with van der Waals surface area (Å²) in [4.78, 5) is 4.45. The van der Waals surface area contributed by atoms with Crippen molar-refractivity contribution < 1.29 is 0 Å². The van der Waals surface area contributed by atoms with Crippen LogP contribution >= 0.6 is 0 Å². The van der Waals surface area contributed by atoms with Gasteiger partial charge in [-0.25, -0.2) is 4.98 Å². The third kappa shape index (κ3) is 1.52. The molecule has 0 amide bonds. The molecule has 0 bridgehead atoms. The Bertz CT molecular complexity index is 461. The van der Waals surface area contributed by atoms with Crippen LogP contribution in [0.5, 0.6) is 0 Å². The molecule has 0 aliphatic rings. The van der Waals surface area contributed by atoms with E-state index >= 15 is 0 Å². The second-order valence-corrected chi connectivity index (χ2v) is 4.81. The molecule has 0 aromatic carbocycles. The van der Waals surface area contributed by atoms with Gasteiger partial charge < -0.3 is 4.40 Å². The van der Waals surface area contributed by atoms with Crippen LogP contribution in [-0.4, -0.2) is 9.38 Å². The van der Waals surface area contributed by atoms with Crippen LogP contribution in [0, 0.1) is 6.92 Å². The molecule has 0 radical (unpaired) electrons. The molecule has 2 aromatic heterocycles. The summed E-state index contributed by atoms with van der Waals surface area (Å²) in [5, 5.41) is 0. The third-order valence-electron chi connectivity index (χ3n) is 2.45. The summed E-state index contributed by atoms with van der Waals surface area (Å²) in [7, 11) is 0. The minimum atomic E-state index is 0.196. The lowest BCUT2D eigenvalue weighted by molar-refractivity contribution is 0.589. The molecule has 2 rings (SSSR count). The lowest BCUT2D eigenvalue weighted by atomic mass is 9.88. The highest BCUT2D eigenvalue weighted by Gasteiger charge is 2.14. The number of nitrogens with zero attached hydrogens (tertiary/aromatic N) is 2. The van der Waals surface area contributed by atoms with Crippen molar-refractivity contribution in [2.24, 2.45) is 0 Å². The number of imidazole rings is 1. The van der Waals surface area contributed by atoms with Crippen molar-refractivity contribution in [2.75, 3.05) is 0 Å². The molecular formula is C12H16N2. The minimum Gasteiger partial charge on any atom is -0.307 e. The SMILES string of the molecule is Cc1cn2ccc(C(C)(C)C)cc2n1. The Hall–Kier alpha value is -1.31. The Morgan fingerprint density at radius 3 is 2.64 bits per heavy atom. The van der Waals surface area contributed by atoms with Gasteiger partial charge in [-0.1, -0.05) is 20.8 Å². The van der Waals surface area contributed by atoms with Gasteiger partial charge in [-0.3, -0.25) is 0 Å². The zero-order valence-electron chi connectivity index (χ0n) is 9.20. The van der Waals surface area contributed by atoms with E-state index in [1.165, 1.54) is 5.56 Å². The van der Waals surface area contributed by atoms with Crippen molar-refractivity contribution >= 4 is 5.65 Å². The summed E-state index contributed by atoms with van der Waals surface area (Å²) in [6.45, 7) is 8.67. The Morgan fingerprint density at radius 2 is 2.00 bits per heavy atom. The topological polar surface area (TPSA) is 17.3 Å². The fraction of sp³-hybridized carbons (Fsp3) is 0.417. The molecule has 0 spiro atoms. The van der Waals surface area contributed by atoms with E-state index in [0.29, 0.717) is 0 Å². The van der Waals surface area contributed by atoms with Crippen molar-refractivity contribution in [1.29, 1.82) is 0 Å². The first-order valence-electron chi connectivity index (χ1n) is 4.93. The highest BCUT2D eigenvalue weighted by molar-refractivity contribution is 5.44. The maximum atomic E-state index is 4.45. The van der Waals surface area contributed by atoms with E-state index in [9.17, 15) is 0 Å². The molecule has 2 aromatic rings. The number of fused-ring (bicyclic) bond motifs is 1. The van der Waals surface area contributed by atoms with Crippen molar-refractivity contribution in [1.82, 2.24) is 9.38 Å². The van der Waals surface area contributed by atoms with Gasteiger partial charge in [-0.15, -0.1) is 0 Å². The average Bonchev–Trinajstić information content (AvgIpc) is 2.41. The molecule has 0 aliphatic carbocycles. The van der Waals surface area contributed by atoms with Crippen molar-refractivity contribution in [3.05, 3.63) is 35.8 Å². The van der Waals surface area contributed by atoms with Gasteiger partial charge in [0.2, 0.25) is 0 Å². The fourth-order valence-electron chi connectivity index (χ4n) is 1.58. The van der Waals surface area contributed by atoms with Gasteiger partial charge in [0.05, 0.1) is 5.69 Å². The zero-order valence-corrected chi connectivity index (χ0v) is 9.20. The van der Waals surface area contributed by atoms with Crippen LogP contribution in [0.15, 0.2) is 24.5 Å². The largest absolute Gasteiger partial charge is 0.307 e. The maximum Gasteiger partial charge on any atom is 0.137 e. The fourth-order valence-corrected chi connectivity index (χ4v) is 1.58. The Balaban J connectivity index is 2.62. The first-order valence-corrected chi connectivity index (χ1v) is 4.93. The van der Waals surface area contributed by atoms with E-state index in [1.54, 1.807) is 0 Å². The molecule has 74 valence electrons. The maximum absolute atomic E-state index is 4.45. The molecule has 14 heavy (non-hydrogen) atoms. The number of rotatable bonds is 0. The summed E-state index contributed by atoms with van der Waals surface area (Å²) < 4.78 is 2.06. The molecule has 2 heterocycles. The Morgan fingerprint density at radius 1 is 1.29 bits per heavy atom. The summed E-state index contributed by atoms with van der Waals surface area (Å²) in [6.07, 6.45) is 4.12. The van der Waals surface area contributed by atoms with E-state index in [2.05, 4.69) is 48.5 Å². The molecule has 0 fully saturated rings. The molecule has 0 N–H and O–H groups in total. The van der Waals surface area contributed by atoms with Crippen LogP contribution in [0.25, 0.3) is 5.65 Å². The van der Waals surface area contributed by atoms with Crippen molar-refractivity contribution in [2.45, 2.75) is 33.1 Å². The molecule has 0 saturated carbocycles. The first-order chi connectivity index (χ1) is 6.47. The molecule has 0 saturated heterocycles. The van der Waals surface area contributed by atoms with E-state index in [1.807, 2.05) is 13.1 Å². The smallest absolute Gasteiger partial charge is 0.137 e. The number of aryl methyl sites for hydroxylation is 1. The van der Waals surface area contributed by atoms with Crippen LogP contribution in [-0.2, 0) is 5.41 Å². The summed E-state index contributed by atoms with van der Waals surface area (Å²) >= 11 is 0. The van der Waals surface area contributed by atoms with E-state index < -0.39 is 0 Å². The van der Waals surface area contributed by atoms with Gasteiger partial charge in [-0.2, -0.15) is 0 Å². The molecule has 0 aliphatic heterocycles. The van der Waals surface area contributed by atoms with Crippen LogP contribution in [0.3, 0.4) is 0 Å².